The van der Waals surface area contributed by atoms with E-state index in [1.54, 1.807) is 0 Å². The normalized spacial score (nSPS) is 18.7. The first-order valence-electron chi connectivity index (χ1n) is 7.47. The summed E-state index contributed by atoms with van der Waals surface area (Å²) in [7, 11) is 0. The summed E-state index contributed by atoms with van der Waals surface area (Å²) >= 11 is 0. The number of nitrogens with one attached hydrogen (secondary N) is 1. The molecule has 0 bridgehead atoms. The highest BCUT2D eigenvalue weighted by Crippen LogP contribution is 2.03. The molecule has 0 aromatic rings. The van der Waals surface area contributed by atoms with E-state index < -0.39 is 5.97 Å². The summed E-state index contributed by atoms with van der Waals surface area (Å²) < 4.78 is 0. The number of carbonyl (C=O) groups excluding carboxylic acids is 1. The minimum absolute atomic E-state index is 0.0879. The molecular formula is C14H27N3O3. The maximum atomic E-state index is 11.8. The Labute approximate surface area is 121 Å². The van der Waals surface area contributed by atoms with Crippen molar-refractivity contribution in [3.05, 3.63) is 0 Å². The first-order valence-corrected chi connectivity index (χ1v) is 7.47. The van der Waals surface area contributed by atoms with Gasteiger partial charge in [-0.1, -0.05) is 13.3 Å². The monoisotopic (exact) mass is 285 g/mol. The third-order valence-electron chi connectivity index (χ3n) is 3.60. The molecule has 116 valence electrons. The van der Waals surface area contributed by atoms with Crippen molar-refractivity contribution >= 4 is 11.9 Å². The topological polar surface area (TPSA) is 72.9 Å². The van der Waals surface area contributed by atoms with E-state index in [-0.39, 0.29) is 18.4 Å². The molecule has 6 nitrogen and oxygen atoms in total. The van der Waals surface area contributed by atoms with Crippen LogP contribution in [0.15, 0.2) is 0 Å². The molecule has 1 unspecified atom stereocenters. The summed E-state index contributed by atoms with van der Waals surface area (Å²) in [6, 6.07) is 0.240. The Bertz CT molecular complexity index is 315. The van der Waals surface area contributed by atoms with Gasteiger partial charge in [-0.25, -0.2) is 0 Å². The van der Waals surface area contributed by atoms with Gasteiger partial charge in [-0.15, -0.1) is 0 Å². The molecular weight excluding hydrogens is 258 g/mol. The van der Waals surface area contributed by atoms with Gasteiger partial charge in [-0.2, -0.15) is 0 Å². The van der Waals surface area contributed by atoms with Crippen LogP contribution in [0.2, 0.25) is 0 Å². The Morgan fingerprint density at radius 2 is 1.80 bits per heavy atom. The highest BCUT2D eigenvalue weighted by Gasteiger charge is 2.19. The van der Waals surface area contributed by atoms with Crippen LogP contribution in [0.1, 0.15) is 33.1 Å². The van der Waals surface area contributed by atoms with Crippen molar-refractivity contribution in [2.24, 2.45) is 0 Å². The smallest absolute Gasteiger partial charge is 0.304 e. The zero-order chi connectivity index (χ0) is 15.0. The van der Waals surface area contributed by atoms with E-state index in [1.807, 2.05) is 6.92 Å². The quantitative estimate of drug-likeness (QED) is 0.675. The van der Waals surface area contributed by atoms with Gasteiger partial charge < -0.3 is 15.3 Å². The number of hydrogen-bond donors (Lipinski definition) is 2. The van der Waals surface area contributed by atoms with E-state index in [4.69, 9.17) is 5.11 Å². The number of rotatable bonds is 8. The zero-order valence-corrected chi connectivity index (χ0v) is 12.6. The molecule has 0 aromatic carbocycles. The Morgan fingerprint density at radius 3 is 2.35 bits per heavy atom. The molecule has 20 heavy (non-hydrogen) atoms. The fourth-order valence-electron chi connectivity index (χ4n) is 2.45. The Balaban J connectivity index is 2.18. The predicted octanol–water partition coefficient (Wildman–Crippen LogP) is 0.384. The molecule has 1 saturated heterocycles. The highest BCUT2D eigenvalue weighted by atomic mass is 16.4. The van der Waals surface area contributed by atoms with Crippen LogP contribution in [0.3, 0.4) is 0 Å². The molecule has 0 saturated carbocycles. The molecule has 0 spiro atoms. The standard InChI is InChI=1S/C14H27N3O3/c1-3-4-12(2)15-13(18)11-17-9-7-16(8-10-17)6-5-14(19)20/h12H,3-11H2,1-2H3,(H,15,18)(H,19,20). The van der Waals surface area contributed by atoms with E-state index in [2.05, 4.69) is 22.0 Å². The lowest BCUT2D eigenvalue weighted by Crippen LogP contribution is -2.50. The second-order valence-corrected chi connectivity index (χ2v) is 5.52. The number of hydrogen-bond acceptors (Lipinski definition) is 4. The molecule has 0 aromatic heterocycles. The molecule has 1 heterocycles. The van der Waals surface area contributed by atoms with Gasteiger partial charge in [0.05, 0.1) is 13.0 Å². The summed E-state index contributed by atoms with van der Waals surface area (Å²) in [6.07, 6.45) is 2.27. The highest BCUT2D eigenvalue weighted by molar-refractivity contribution is 5.78. The average Bonchev–Trinajstić information content (AvgIpc) is 2.37. The Hall–Kier alpha value is -1.14. The summed E-state index contributed by atoms with van der Waals surface area (Å²) in [5, 5.41) is 11.7. The Morgan fingerprint density at radius 1 is 1.20 bits per heavy atom. The van der Waals surface area contributed by atoms with Gasteiger partial charge in [0.1, 0.15) is 0 Å². The van der Waals surface area contributed by atoms with Crippen molar-refractivity contribution in [2.45, 2.75) is 39.2 Å². The molecule has 1 fully saturated rings. The van der Waals surface area contributed by atoms with Crippen molar-refractivity contribution in [1.29, 1.82) is 0 Å². The fraction of sp³-hybridized carbons (Fsp3) is 0.857. The predicted molar refractivity (Wildman–Crippen MR) is 77.6 cm³/mol. The number of aliphatic carboxylic acids is 1. The van der Waals surface area contributed by atoms with Crippen LogP contribution in [0.4, 0.5) is 0 Å². The van der Waals surface area contributed by atoms with Crippen molar-refractivity contribution in [3.63, 3.8) is 0 Å². The molecule has 0 radical (unpaired) electrons. The fourth-order valence-corrected chi connectivity index (χ4v) is 2.45. The maximum Gasteiger partial charge on any atom is 0.304 e. The first-order chi connectivity index (χ1) is 9.51. The molecule has 1 atom stereocenters. The van der Waals surface area contributed by atoms with Gasteiger partial charge in [0, 0.05) is 38.8 Å². The summed E-state index contributed by atoms with van der Waals surface area (Å²) in [6.45, 7) is 8.52. The van der Waals surface area contributed by atoms with Crippen LogP contribution >= 0.6 is 0 Å². The second kappa shape index (κ2) is 8.92. The minimum atomic E-state index is -0.753. The van der Waals surface area contributed by atoms with Gasteiger partial charge >= 0.3 is 5.97 Å². The Kier molecular flexibility index (Phi) is 7.54. The van der Waals surface area contributed by atoms with Crippen molar-refractivity contribution in [3.8, 4) is 0 Å². The van der Waals surface area contributed by atoms with Crippen LogP contribution in [-0.4, -0.2) is 72.1 Å². The van der Waals surface area contributed by atoms with Crippen molar-refractivity contribution in [1.82, 2.24) is 15.1 Å². The van der Waals surface area contributed by atoms with Crippen LogP contribution in [0.25, 0.3) is 0 Å². The number of amides is 1. The van der Waals surface area contributed by atoms with Gasteiger partial charge in [0.15, 0.2) is 0 Å². The molecule has 1 rings (SSSR count). The van der Waals surface area contributed by atoms with Gasteiger partial charge in [-0.3, -0.25) is 14.5 Å². The van der Waals surface area contributed by atoms with Crippen LogP contribution in [-0.2, 0) is 9.59 Å². The third-order valence-corrected chi connectivity index (χ3v) is 3.60. The van der Waals surface area contributed by atoms with Crippen LogP contribution in [0.5, 0.6) is 0 Å². The lowest BCUT2D eigenvalue weighted by atomic mass is 10.2. The van der Waals surface area contributed by atoms with Crippen molar-refractivity contribution < 1.29 is 14.7 Å². The lowest BCUT2D eigenvalue weighted by molar-refractivity contribution is -0.137. The van der Waals surface area contributed by atoms with Crippen LogP contribution < -0.4 is 5.32 Å². The summed E-state index contributed by atoms with van der Waals surface area (Å²) in [5.74, 6) is -0.665. The minimum Gasteiger partial charge on any atom is -0.481 e. The van der Waals surface area contributed by atoms with Gasteiger partial charge in [0.2, 0.25) is 5.91 Å². The number of carboxylic acid groups (broad SMARTS) is 1. The molecule has 2 N–H and O–H groups in total. The van der Waals surface area contributed by atoms with E-state index >= 15 is 0 Å². The average molecular weight is 285 g/mol. The third kappa shape index (κ3) is 6.86. The largest absolute Gasteiger partial charge is 0.481 e. The lowest BCUT2D eigenvalue weighted by Gasteiger charge is -2.34. The van der Waals surface area contributed by atoms with E-state index in [1.165, 1.54) is 0 Å². The molecule has 0 aliphatic carbocycles. The second-order valence-electron chi connectivity index (χ2n) is 5.52. The maximum absolute atomic E-state index is 11.8. The van der Waals surface area contributed by atoms with E-state index in [0.29, 0.717) is 13.1 Å². The molecule has 1 aliphatic heterocycles. The number of carboxylic acids is 1. The summed E-state index contributed by atoms with van der Waals surface area (Å²) in [4.78, 5) is 26.6. The molecule has 1 amide bonds. The SMILES string of the molecule is CCCC(C)NC(=O)CN1CCN(CCC(=O)O)CC1. The number of piperazine rings is 1. The van der Waals surface area contributed by atoms with Crippen LogP contribution in [0, 0.1) is 0 Å². The molecule has 6 heteroatoms. The van der Waals surface area contributed by atoms with Crippen molar-refractivity contribution in [2.75, 3.05) is 39.3 Å². The van der Waals surface area contributed by atoms with E-state index in [0.717, 1.165) is 39.0 Å². The molecule has 1 aliphatic rings. The van der Waals surface area contributed by atoms with Gasteiger partial charge in [0.25, 0.3) is 0 Å². The number of carbonyl (C=O) groups is 2. The zero-order valence-electron chi connectivity index (χ0n) is 12.6. The summed E-state index contributed by atoms with van der Waals surface area (Å²) in [5.41, 5.74) is 0. The number of nitrogens with zero attached hydrogens (tertiary/aromatic N) is 2. The first kappa shape index (κ1) is 16.9. The van der Waals surface area contributed by atoms with Gasteiger partial charge in [-0.05, 0) is 13.3 Å². The van der Waals surface area contributed by atoms with E-state index in [9.17, 15) is 9.59 Å².